The van der Waals surface area contributed by atoms with Crippen molar-refractivity contribution in [2.75, 3.05) is 49.1 Å². The minimum Gasteiger partial charge on any atom is -0.463 e. The number of piperazine rings is 1. The summed E-state index contributed by atoms with van der Waals surface area (Å²) >= 11 is 6.13. The van der Waals surface area contributed by atoms with Gasteiger partial charge in [0.25, 0.3) is 0 Å². The number of amides is 1. The van der Waals surface area contributed by atoms with Crippen LogP contribution in [0.25, 0.3) is 11.5 Å². The molecule has 2 fully saturated rings. The molecule has 0 bridgehead atoms. The third-order valence-corrected chi connectivity index (χ3v) is 6.52. The van der Waals surface area contributed by atoms with E-state index in [0.717, 1.165) is 62.1 Å². The van der Waals surface area contributed by atoms with Crippen molar-refractivity contribution in [3.63, 3.8) is 0 Å². The number of anilines is 2. The van der Waals surface area contributed by atoms with Crippen molar-refractivity contribution in [1.29, 1.82) is 0 Å². The van der Waals surface area contributed by atoms with Gasteiger partial charge in [-0.25, -0.2) is 0 Å². The second-order valence-corrected chi connectivity index (χ2v) is 8.77. The third-order valence-electron chi connectivity index (χ3n) is 6.28. The average molecular weight is 452 g/mol. The van der Waals surface area contributed by atoms with Gasteiger partial charge in [-0.3, -0.25) is 4.79 Å². The molecule has 2 saturated heterocycles. The fraction of sp³-hybridized carbons (Fsp3) is 0.375. The molecule has 2 aliphatic heterocycles. The van der Waals surface area contributed by atoms with Crippen LogP contribution in [0.5, 0.6) is 0 Å². The molecule has 8 heteroatoms. The third kappa shape index (κ3) is 4.43. The molecular weight excluding hydrogens is 426 g/mol. The number of rotatable bonds is 4. The molecule has 7 nitrogen and oxygen atoms in total. The highest BCUT2D eigenvalue weighted by molar-refractivity contribution is 6.30. The molecule has 2 aromatic heterocycles. The number of furan rings is 1. The van der Waals surface area contributed by atoms with E-state index in [1.54, 1.807) is 6.26 Å². The van der Waals surface area contributed by atoms with Gasteiger partial charge in [-0.2, -0.15) is 0 Å². The maximum absolute atomic E-state index is 13.2. The summed E-state index contributed by atoms with van der Waals surface area (Å²) < 4.78 is 5.39. The summed E-state index contributed by atoms with van der Waals surface area (Å²) in [5.74, 6) is 1.75. The molecule has 0 aliphatic carbocycles. The molecule has 1 unspecified atom stereocenters. The van der Waals surface area contributed by atoms with Crippen LogP contribution in [0.3, 0.4) is 0 Å². The predicted octanol–water partition coefficient (Wildman–Crippen LogP) is 3.96. The van der Waals surface area contributed by atoms with Crippen LogP contribution in [-0.2, 0) is 4.79 Å². The van der Waals surface area contributed by atoms with Crippen molar-refractivity contribution in [2.24, 2.45) is 5.92 Å². The Bertz CT molecular complexity index is 1050. The van der Waals surface area contributed by atoms with Gasteiger partial charge < -0.3 is 19.1 Å². The lowest BCUT2D eigenvalue weighted by molar-refractivity contribution is -0.136. The summed E-state index contributed by atoms with van der Waals surface area (Å²) in [5, 5.41) is 9.43. The zero-order valence-corrected chi connectivity index (χ0v) is 18.6. The summed E-state index contributed by atoms with van der Waals surface area (Å²) in [5.41, 5.74) is 1.82. The van der Waals surface area contributed by atoms with Gasteiger partial charge >= 0.3 is 0 Å². The van der Waals surface area contributed by atoms with Gasteiger partial charge in [-0.05, 0) is 55.3 Å². The second kappa shape index (κ2) is 9.20. The summed E-state index contributed by atoms with van der Waals surface area (Å²) in [4.78, 5) is 19.7. The Morgan fingerprint density at radius 1 is 0.969 bits per heavy atom. The Balaban J connectivity index is 1.19. The molecular formula is C24H26ClN5O2. The van der Waals surface area contributed by atoms with Crippen LogP contribution in [-0.4, -0.2) is 60.3 Å². The molecule has 1 aromatic carbocycles. The number of halogens is 1. The Kier molecular flexibility index (Phi) is 5.99. The maximum Gasteiger partial charge on any atom is 0.227 e. The van der Waals surface area contributed by atoms with Gasteiger partial charge in [0.1, 0.15) is 5.69 Å². The molecule has 0 saturated carbocycles. The largest absolute Gasteiger partial charge is 0.463 e. The highest BCUT2D eigenvalue weighted by Crippen LogP contribution is 2.26. The van der Waals surface area contributed by atoms with E-state index in [2.05, 4.69) is 26.1 Å². The van der Waals surface area contributed by atoms with Gasteiger partial charge in [0.05, 0.1) is 12.2 Å². The number of carbonyl (C=O) groups is 1. The van der Waals surface area contributed by atoms with Crippen LogP contribution >= 0.6 is 11.6 Å². The number of piperidine rings is 1. The molecule has 5 rings (SSSR count). The lowest BCUT2D eigenvalue weighted by Crippen LogP contribution is -2.52. The molecule has 0 spiro atoms. The van der Waals surface area contributed by atoms with Gasteiger partial charge in [-0.1, -0.05) is 17.7 Å². The number of hydrogen-bond acceptors (Lipinski definition) is 6. The number of aromatic nitrogens is 2. The summed E-state index contributed by atoms with van der Waals surface area (Å²) in [6.45, 7) is 4.69. The molecule has 0 N–H and O–H groups in total. The lowest BCUT2D eigenvalue weighted by atomic mass is 9.96. The Hall–Kier alpha value is -3.06. The number of benzene rings is 1. The first-order valence-corrected chi connectivity index (χ1v) is 11.5. The normalized spacial score (nSPS) is 19.3. The van der Waals surface area contributed by atoms with E-state index in [1.807, 2.05) is 47.4 Å². The molecule has 4 heterocycles. The summed E-state index contributed by atoms with van der Waals surface area (Å²) in [7, 11) is 0. The Labute approximate surface area is 192 Å². The van der Waals surface area contributed by atoms with Crippen LogP contribution < -0.4 is 9.80 Å². The van der Waals surface area contributed by atoms with E-state index in [9.17, 15) is 4.79 Å². The summed E-state index contributed by atoms with van der Waals surface area (Å²) in [6, 6.07) is 15.5. The van der Waals surface area contributed by atoms with Gasteiger partial charge in [-0.15, -0.1) is 10.2 Å². The SMILES string of the molecule is O=C(C1CCCN(c2ccc(-c3ccco3)nn2)C1)N1CCN(c2cccc(Cl)c2)CC1. The zero-order valence-electron chi connectivity index (χ0n) is 17.9. The molecule has 0 radical (unpaired) electrons. The second-order valence-electron chi connectivity index (χ2n) is 8.33. The van der Waals surface area contributed by atoms with Crippen molar-refractivity contribution in [2.45, 2.75) is 12.8 Å². The van der Waals surface area contributed by atoms with E-state index < -0.39 is 0 Å². The van der Waals surface area contributed by atoms with Gasteiger partial charge in [0.2, 0.25) is 5.91 Å². The van der Waals surface area contributed by atoms with Crippen LogP contribution in [0.1, 0.15) is 12.8 Å². The predicted molar refractivity (Wildman–Crippen MR) is 125 cm³/mol. The first-order valence-electron chi connectivity index (χ1n) is 11.1. The summed E-state index contributed by atoms with van der Waals surface area (Å²) in [6.07, 6.45) is 3.52. The van der Waals surface area contributed by atoms with Crippen LogP contribution in [0.2, 0.25) is 5.02 Å². The monoisotopic (exact) mass is 451 g/mol. The van der Waals surface area contributed by atoms with E-state index in [1.165, 1.54) is 0 Å². The van der Waals surface area contributed by atoms with Crippen molar-refractivity contribution < 1.29 is 9.21 Å². The topological polar surface area (TPSA) is 65.7 Å². The minimum absolute atomic E-state index is 0.00646. The smallest absolute Gasteiger partial charge is 0.227 e. The highest BCUT2D eigenvalue weighted by atomic mass is 35.5. The van der Waals surface area contributed by atoms with E-state index in [-0.39, 0.29) is 11.8 Å². The fourth-order valence-electron chi connectivity index (χ4n) is 4.55. The molecule has 2 aliphatic rings. The lowest BCUT2D eigenvalue weighted by Gasteiger charge is -2.40. The minimum atomic E-state index is -0.00646. The van der Waals surface area contributed by atoms with Crippen molar-refractivity contribution in [3.05, 3.63) is 59.8 Å². The first-order chi connectivity index (χ1) is 15.7. The van der Waals surface area contributed by atoms with E-state index in [0.29, 0.717) is 18.0 Å². The van der Waals surface area contributed by atoms with Gasteiger partial charge in [0, 0.05) is 50.0 Å². The molecule has 166 valence electrons. The van der Waals surface area contributed by atoms with E-state index >= 15 is 0 Å². The Morgan fingerprint density at radius 2 is 1.84 bits per heavy atom. The number of carbonyl (C=O) groups excluding carboxylic acids is 1. The highest BCUT2D eigenvalue weighted by Gasteiger charge is 2.31. The molecule has 1 amide bonds. The maximum atomic E-state index is 13.2. The zero-order chi connectivity index (χ0) is 21.9. The number of nitrogens with zero attached hydrogens (tertiary/aromatic N) is 5. The molecule has 3 aromatic rings. The van der Waals surface area contributed by atoms with Crippen LogP contribution in [0.4, 0.5) is 11.5 Å². The van der Waals surface area contributed by atoms with Crippen LogP contribution in [0.15, 0.2) is 59.2 Å². The average Bonchev–Trinajstić information content (AvgIpc) is 3.39. The molecule has 32 heavy (non-hydrogen) atoms. The van der Waals surface area contributed by atoms with Crippen LogP contribution in [0, 0.1) is 5.92 Å². The number of hydrogen-bond donors (Lipinski definition) is 0. The van der Waals surface area contributed by atoms with Gasteiger partial charge in [0.15, 0.2) is 11.6 Å². The van der Waals surface area contributed by atoms with Crippen molar-refractivity contribution >= 4 is 29.0 Å². The fourth-order valence-corrected chi connectivity index (χ4v) is 4.74. The first kappa shape index (κ1) is 20.8. The standard InChI is InChI=1S/C24H26ClN5O2/c25-19-5-1-6-20(16-19)28-11-13-29(14-12-28)24(31)18-4-2-10-30(17-18)23-9-8-21(26-27-23)22-7-3-15-32-22/h1,3,5-9,15-16,18H,2,4,10-14,17H2. The van der Waals surface area contributed by atoms with Crippen molar-refractivity contribution in [3.8, 4) is 11.5 Å². The van der Waals surface area contributed by atoms with E-state index in [4.69, 9.17) is 16.0 Å². The quantitative estimate of drug-likeness (QED) is 0.598. The molecule has 1 atom stereocenters. The Morgan fingerprint density at radius 3 is 2.56 bits per heavy atom. The van der Waals surface area contributed by atoms with Crippen molar-refractivity contribution in [1.82, 2.24) is 15.1 Å².